The summed E-state index contributed by atoms with van der Waals surface area (Å²) in [5.74, 6) is 0.0231. The third-order valence-corrected chi connectivity index (χ3v) is 4.33. The Morgan fingerprint density at radius 1 is 1.13 bits per heavy atom. The third-order valence-electron chi connectivity index (χ3n) is 4.33. The minimum absolute atomic E-state index is 0. The van der Waals surface area contributed by atoms with Gasteiger partial charge in [0.15, 0.2) is 0 Å². The van der Waals surface area contributed by atoms with Gasteiger partial charge in [0, 0.05) is 13.2 Å². The Morgan fingerprint density at radius 2 is 1.83 bits per heavy atom. The number of benzene rings is 1. The second kappa shape index (κ2) is 10.6. The van der Waals surface area contributed by atoms with Gasteiger partial charge in [-0.1, -0.05) is 43.2 Å². The Balaban J connectivity index is 0.00000264. The van der Waals surface area contributed by atoms with Crippen LogP contribution in [0.2, 0.25) is 0 Å². The average Bonchev–Trinajstić information content (AvgIpc) is 2.99. The molecule has 0 aliphatic heterocycles. The van der Waals surface area contributed by atoms with Crippen LogP contribution in [0.5, 0.6) is 0 Å². The molecule has 0 heterocycles. The highest BCUT2D eigenvalue weighted by atomic mass is 35.5. The predicted octanol–water partition coefficient (Wildman–Crippen LogP) is 2.84. The smallest absolute Gasteiger partial charge is 0.240 e. The molecular weight excluding hydrogens is 312 g/mol. The zero-order chi connectivity index (χ0) is 15.7. The van der Waals surface area contributed by atoms with Crippen LogP contribution in [0.1, 0.15) is 44.1 Å². The molecule has 2 rings (SSSR count). The lowest BCUT2D eigenvalue weighted by Crippen LogP contribution is -2.52. The molecule has 1 aliphatic rings. The van der Waals surface area contributed by atoms with Gasteiger partial charge in [-0.05, 0) is 37.7 Å². The fraction of sp³-hybridized carbons (Fsp3) is 0.611. The van der Waals surface area contributed by atoms with Crippen molar-refractivity contribution >= 4 is 18.3 Å². The second-order valence-corrected chi connectivity index (χ2v) is 6.17. The van der Waals surface area contributed by atoms with Gasteiger partial charge in [0.1, 0.15) is 0 Å². The maximum atomic E-state index is 12.0. The van der Waals surface area contributed by atoms with Crippen molar-refractivity contribution in [3.63, 3.8) is 0 Å². The van der Waals surface area contributed by atoms with E-state index in [4.69, 9.17) is 10.5 Å². The summed E-state index contributed by atoms with van der Waals surface area (Å²) in [5.41, 5.74) is 6.80. The van der Waals surface area contributed by atoms with E-state index in [1.54, 1.807) is 0 Å². The van der Waals surface area contributed by atoms with Crippen molar-refractivity contribution in [1.29, 1.82) is 0 Å². The molecule has 0 unspecified atom stereocenters. The summed E-state index contributed by atoms with van der Waals surface area (Å²) in [6.07, 6.45) is 6.63. The van der Waals surface area contributed by atoms with Crippen molar-refractivity contribution in [3.05, 3.63) is 35.9 Å². The molecule has 23 heavy (non-hydrogen) atoms. The number of carbonyl (C=O) groups is 1. The molecule has 1 saturated carbocycles. The first kappa shape index (κ1) is 19.9. The number of amides is 1. The first-order valence-electron chi connectivity index (χ1n) is 8.40. The van der Waals surface area contributed by atoms with Gasteiger partial charge in [-0.25, -0.2) is 0 Å². The zero-order valence-electron chi connectivity index (χ0n) is 13.8. The normalized spacial score (nSPS) is 15.9. The summed E-state index contributed by atoms with van der Waals surface area (Å²) in [5, 5.41) is 2.96. The van der Waals surface area contributed by atoms with Crippen LogP contribution in [0.4, 0.5) is 0 Å². The number of nitrogens with one attached hydrogen (secondary N) is 1. The molecule has 130 valence electrons. The lowest BCUT2D eigenvalue weighted by Gasteiger charge is -2.22. The average molecular weight is 341 g/mol. The summed E-state index contributed by atoms with van der Waals surface area (Å²) < 4.78 is 5.63. The monoisotopic (exact) mass is 340 g/mol. The molecule has 4 nitrogen and oxygen atoms in total. The van der Waals surface area contributed by atoms with Crippen LogP contribution in [0.3, 0.4) is 0 Å². The number of halogens is 1. The van der Waals surface area contributed by atoms with Crippen LogP contribution in [0, 0.1) is 0 Å². The number of carbonyl (C=O) groups excluding carboxylic acids is 1. The van der Waals surface area contributed by atoms with Gasteiger partial charge in [-0.2, -0.15) is 0 Å². The first-order chi connectivity index (χ1) is 10.7. The van der Waals surface area contributed by atoms with Gasteiger partial charge in [-0.3, -0.25) is 4.79 Å². The lowest BCUT2D eigenvalue weighted by molar-refractivity contribution is -0.126. The van der Waals surface area contributed by atoms with Crippen LogP contribution in [0.15, 0.2) is 30.3 Å². The number of rotatable bonds is 9. The summed E-state index contributed by atoms with van der Waals surface area (Å²) in [6.45, 7) is 2.19. The van der Waals surface area contributed by atoms with E-state index in [1.807, 2.05) is 18.2 Å². The van der Waals surface area contributed by atoms with E-state index < -0.39 is 5.54 Å². The molecule has 0 bridgehead atoms. The van der Waals surface area contributed by atoms with Gasteiger partial charge in [0.2, 0.25) is 5.91 Å². The van der Waals surface area contributed by atoms with Crippen molar-refractivity contribution in [2.45, 2.75) is 50.5 Å². The quantitative estimate of drug-likeness (QED) is 0.679. The molecule has 0 atom stereocenters. The van der Waals surface area contributed by atoms with E-state index in [-0.39, 0.29) is 18.3 Å². The second-order valence-electron chi connectivity index (χ2n) is 6.17. The third kappa shape index (κ3) is 6.90. The van der Waals surface area contributed by atoms with E-state index in [0.717, 1.165) is 58.2 Å². The summed E-state index contributed by atoms with van der Waals surface area (Å²) >= 11 is 0. The van der Waals surface area contributed by atoms with E-state index >= 15 is 0 Å². The first-order valence-corrected chi connectivity index (χ1v) is 8.40. The van der Waals surface area contributed by atoms with E-state index in [2.05, 4.69) is 17.4 Å². The van der Waals surface area contributed by atoms with Gasteiger partial charge in [0.05, 0.1) is 12.1 Å². The van der Waals surface area contributed by atoms with Gasteiger partial charge in [0.25, 0.3) is 0 Å². The molecule has 3 N–H and O–H groups in total. The van der Waals surface area contributed by atoms with Crippen molar-refractivity contribution in [2.24, 2.45) is 5.73 Å². The Kier molecular flexibility index (Phi) is 9.22. The molecular formula is C18H29ClN2O2. The van der Waals surface area contributed by atoms with Crippen molar-refractivity contribution in [3.8, 4) is 0 Å². The van der Waals surface area contributed by atoms with Crippen molar-refractivity contribution in [2.75, 3.05) is 19.8 Å². The molecule has 0 spiro atoms. The number of ether oxygens (including phenoxy) is 1. The molecule has 1 aliphatic carbocycles. The summed E-state index contributed by atoms with van der Waals surface area (Å²) in [4.78, 5) is 12.0. The highest BCUT2D eigenvalue weighted by molar-refractivity contribution is 5.86. The molecule has 1 aromatic carbocycles. The fourth-order valence-corrected chi connectivity index (χ4v) is 2.88. The Morgan fingerprint density at radius 3 is 2.52 bits per heavy atom. The summed E-state index contributed by atoms with van der Waals surface area (Å²) in [7, 11) is 0. The molecule has 1 aromatic rings. The molecule has 0 radical (unpaired) electrons. The largest absolute Gasteiger partial charge is 0.381 e. The van der Waals surface area contributed by atoms with E-state index in [1.165, 1.54) is 5.56 Å². The van der Waals surface area contributed by atoms with Crippen molar-refractivity contribution in [1.82, 2.24) is 5.32 Å². The number of nitrogens with two attached hydrogens (primary N) is 1. The topological polar surface area (TPSA) is 64.4 Å². The lowest BCUT2D eigenvalue weighted by atomic mass is 9.98. The maximum absolute atomic E-state index is 12.0. The molecule has 5 heteroatoms. The zero-order valence-corrected chi connectivity index (χ0v) is 14.6. The van der Waals surface area contributed by atoms with E-state index in [9.17, 15) is 4.79 Å². The Hall–Kier alpha value is -1.10. The minimum Gasteiger partial charge on any atom is -0.381 e. The van der Waals surface area contributed by atoms with Crippen LogP contribution in [-0.2, 0) is 16.0 Å². The maximum Gasteiger partial charge on any atom is 0.240 e. The SMILES string of the molecule is Cl.NC1(C(=O)NCCCCOCCc2ccccc2)CCCC1. The predicted molar refractivity (Wildman–Crippen MR) is 95.8 cm³/mol. The van der Waals surface area contributed by atoms with Crippen LogP contribution in [-0.4, -0.2) is 31.2 Å². The highest BCUT2D eigenvalue weighted by Crippen LogP contribution is 2.27. The standard InChI is InChI=1S/C18H28N2O2.ClH/c19-18(11-4-5-12-18)17(21)20-13-6-7-14-22-15-10-16-8-2-1-3-9-16;/h1-3,8-9H,4-7,10-15,19H2,(H,20,21);1H. The number of hydrogen-bond acceptors (Lipinski definition) is 3. The Labute approximate surface area is 145 Å². The van der Waals surface area contributed by atoms with Gasteiger partial charge < -0.3 is 15.8 Å². The molecule has 1 fully saturated rings. The fourth-order valence-electron chi connectivity index (χ4n) is 2.88. The van der Waals surface area contributed by atoms with Crippen LogP contribution < -0.4 is 11.1 Å². The molecule has 0 saturated heterocycles. The van der Waals surface area contributed by atoms with Gasteiger partial charge in [-0.15, -0.1) is 12.4 Å². The molecule has 1 amide bonds. The van der Waals surface area contributed by atoms with Crippen LogP contribution >= 0.6 is 12.4 Å². The number of unbranched alkanes of at least 4 members (excludes halogenated alkanes) is 1. The minimum atomic E-state index is -0.605. The summed E-state index contributed by atoms with van der Waals surface area (Å²) in [6, 6.07) is 10.4. The molecule has 0 aromatic heterocycles. The van der Waals surface area contributed by atoms with E-state index in [0.29, 0.717) is 6.54 Å². The van der Waals surface area contributed by atoms with Gasteiger partial charge >= 0.3 is 0 Å². The van der Waals surface area contributed by atoms with Crippen LogP contribution in [0.25, 0.3) is 0 Å². The van der Waals surface area contributed by atoms with Crippen molar-refractivity contribution < 1.29 is 9.53 Å². The Bertz CT molecular complexity index is 448. The number of hydrogen-bond donors (Lipinski definition) is 2. The highest BCUT2D eigenvalue weighted by Gasteiger charge is 2.36.